The molecule has 21 heavy (non-hydrogen) atoms. The van der Waals surface area contributed by atoms with Crippen molar-refractivity contribution in [1.82, 2.24) is 9.78 Å². The number of carbonyl (C=O) groups is 1. The van der Waals surface area contributed by atoms with Crippen molar-refractivity contribution in [1.29, 1.82) is 0 Å². The Morgan fingerprint density at radius 2 is 2.19 bits per heavy atom. The van der Waals surface area contributed by atoms with Crippen molar-refractivity contribution in [2.24, 2.45) is 23.7 Å². The van der Waals surface area contributed by atoms with Crippen molar-refractivity contribution in [3.8, 4) is 0 Å². The van der Waals surface area contributed by atoms with Crippen LogP contribution in [0.25, 0.3) is 0 Å². The van der Waals surface area contributed by atoms with Crippen LogP contribution < -0.4 is 0 Å². The van der Waals surface area contributed by atoms with Gasteiger partial charge >= 0.3 is 5.97 Å². The summed E-state index contributed by atoms with van der Waals surface area (Å²) in [4.78, 5) is 11.6. The maximum absolute atomic E-state index is 11.6. The molecule has 0 aliphatic heterocycles. The van der Waals surface area contributed by atoms with Gasteiger partial charge in [-0.3, -0.25) is 9.48 Å². The lowest BCUT2D eigenvalue weighted by molar-refractivity contribution is -0.145. The summed E-state index contributed by atoms with van der Waals surface area (Å²) in [7, 11) is 0. The smallest absolute Gasteiger partial charge is 0.306 e. The van der Waals surface area contributed by atoms with E-state index in [4.69, 9.17) is 0 Å². The topological polar surface area (TPSA) is 55.1 Å². The molecular formula is C17H28N2O2. The van der Waals surface area contributed by atoms with Gasteiger partial charge in [-0.25, -0.2) is 0 Å². The summed E-state index contributed by atoms with van der Waals surface area (Å²) in [5.74, 6) is 0.719. The fourth-order valence-corrected chi connectivity index (χ4v) is 3.76. The van der Waals surface area contributed by atoms with Gasteiger partial charge in [-0.1, -0.05) is 13.8 Å². The number of hydrogen-bond acceptors (Lipinski definition) is 2. The third-order valence-corrected chi connectivity index (χ3v) is 5.04. The molecule has 2 rings (SSSR count). The molecule has 0 spiro atoms. The second-order valence-corrected chi connectivity index (χ2v) is 6.82. The molecular weight excluding hydrogens is 264 g/mol. The van der Waals surface area contributed by atoms with E-state index in [0.717, 1.165) is 37.9 Å². The third kappa shape index (κ3) is 3.66. The molecule has 1 N–H and O–H groups in total. The number of rotatable bonds is 5. The Morgan fingerprint density at radius 3 is 2.76 bits per heavy atom. The molecule has 3 atom stereocenters. The number of aliphatic carboxylic acids is 1. The normalized spacial score (nSPS) is 26.2. The van der Waals surface area contributed by atoms with Gasteiger partial charge < -0.3 is 5.11 Å². The average Bonchev–Trinajstić information content (AvgIpc) is 2.78. The van der Waals surface area contributed by atoms with Gasteiger partial charge in [-0.05, 0) is 63.4 Å². The Labute approximate surface area is 127 Å². The fraction of sp³-hybridized carbons (Fsp3) is 0.765. The highest BCUT2D eigenvalue weighted by atomic mass is 16.4. The third-order valence-electron chi connectivity index (χ3n) is 5.04. The fourth-order valence-electron chi connectivity index (χ4n) is 3.76. The van der Waals surface area contributed by atoms with Gasteiger partial charge in [-0.15, -0.1) is 0 Å². The van der Waals surface area contributed by atoms with Crippen molar-refractivity contribution >= 4 is 5.97 Å². The van der Waals surface area contributed by atoms with E-state index in [1.165, 1.54) is 5.69 Å². The van der Waals surface area contributed by atoms with Crippen molar-refractivity contribution in [3.05, 3.63) is 17.5 Å². The Kier molecular flexibility index (Phi) is 5.07. The van der Waals surface area contributed by atoms with Crippen LogP contribution >= 0.6 is 0 Å². The summed E-state index contributed by atoms with van der Waals surface area (Å²) >= 11 is 0. The molecule has 3 unspecified atom stereocenters. The van der Waals surface area contributed by atoms with E-state index in [9.17, 15) is 9.90 Å². The lowest BCUT2D eigenvalue weighted by atomic mass is 9.69. The van der Waals surface area contributed by atoms with Crippen LogP contribution in [-0.4, -0.2) is 20.9 Å². The van der Waals surface area contributed by atoms with Crippen LogP contribution in [0.15, 0.2) is 6.07 Å². The van der Waals surface area contributed by atoms with E-state index in [0.29, 0.717) is 11.8 Å². The molecule has 1 saturated carbocycles. The molecule has 118 valence electrons. The van der Waals surface area contributed by atoms with Crippen LogP contribution in [0.1, 0.15) is 51.4 Å². The van der Waals surface area contributed by atoms with E-state index in [2.05, 4.69) is 31.9 Å². The number of aromatic nitrogens is 2. The summed E-state index contributed by atoms with van der Waals surface area (Å²) in [6.07, 6.45) is 3.75. The standard InChI is InChI=1S/C17H28N2O2/c1-5-19-15(8-12(4)18-19)10-14-9-13(11(2)3)6-7-16(14)17(20)21/h8,11,13-14,16H,5-7,9-10H2,1-4H3,(H,20,21). The van der Waals surface area contributed by atoms with E-state index in [-0.39, 0.29) is 11.8 Å². The quantitative estimate of drug-likeness (QED) is 0.903. The van der Waals surface area contributed by atoms with E-state index < -0.39 is 5.97 Å². The van der Waals surface area contributed by atoms with Gasteiger partial charge in [-0.2, -0.15) is 5.10 Å². The van der Waals surface area contributed by atoms with E-state index in [1.54, 1.807) is 0 Å². The molecule has 0 radical (unpaired) electrons. The predicted molar refractivity (Wildman–Crippen MR) is 83.1 cm³/mol. The number of hydrogen-bond donors (Lipinski definition) is 1. The number of nitrogens with zero attached hydrogens (tertiary/aromatic N) is 2. The lowest BCUT2D eigenvalue weighted by Crippen LogP contribution is -2.34. The zero-order valence-corrected chi connectivity index (χ0v) is 13.7. The van der Waals surface area contributed by atoms with Crippen LogP contribution in [0.3, 0.4) is 0 Å². The zero-order chi connectivity index (χ0) is 15.6. The van der Waals surface area contributed by atoms with E-state index >= 15 is 0 Å². The van der Waals surface area contributed by atoms with Gasteiger partial charge in [0.15, 0.2) is 0 Å². The minimum atomic E-state index is -0.624. The van der Waals surface area contributed by atoms with Gasteiger partial charge in [0.25, 0.3) is 0 Å². The minimum Gasteiger partial charge on any atom is -0.481 e. The van der Waals surface area contributed by atoms with Crippen molar-refractivity contribution < 1.29 is 9.90 Å². The van der Waals surface area contributed by atoms with Crippen LogP contribution in [0, 0.1) is 30.6 Å². The summed E-state index contributed by atoms with van der Waals surface area (Å²) < 4.78 is 2.02. The first kappa shape index (κ1) is 16.1. The Hall–Kier alpha value is -1.32. The van der Waals surface area contributed by atoms with Gasteiger partial charge in [0.2, 0.25) is 0 Å². The monoisotopic (exact) mass is 292 g/mol. The highest BCUT2D eigenvalue weighted by Gasteiger charge is 2.36. The molecule has 0 amide bonds. The number of carboxylic acids is 1. The second kappa shape index (κ2) is 6.63. The largest absolute Gasteiger partial charge is 0.481 e. The molecule has 4 heteroatoms. The Morgan fingerprint density at radius 1 is 1.48 bits per heavy atom. The van der Waals surface area contributed by atoms with Crippen LogP contribution in [0.4, 0.5) is 0 Å². The molecule has 1 fully saturated rings. The first-order valence-electron chi connectivity index (χ1n) is 8.18. The molecule has 0 bridgehead atoms. The maximum atomic E-state index is 11.6. The molecule has 1 aromatic rings. The van der Waals surface area contributed by atoms with E-state index in [1.807, 2.05) is 11.6 Å². The minimum absolute atomic E-state index is 0.194. The predicted octanol–water partition coefficient (Wildman–Crippen LogP) is 3.53. The van der Waals surface area contributed by atoms with Crippen molar-refractivity contribution in [2.45, 2.75) is 59.9 Å². The lowest BCUT2D eigenvalue weighted by Gasteiger charge is -2.36. The zero-order valence-electron chi connectivity index (χ0n) is 13.7. The molecule has 0 saturated heterocycles. The Bertz CT molecular complexity index is 493. The number of carboxylic acid groups (broad SMARTS) is 1. The maximum Gasteiger partial charge on any atom is 0.306 e. The first-order chi connectivity index (χ1) is 9.92. The van der Waals surface area contributed by atoms with Crippen LogP contribution in [0.2, 0.25) is 0 Å². The molecule has 1 heterocycles. The summed E-state index contributed by atoms with van der Waals surface area (Å²) in [5.41, 5.74) is 2.21. The molecule has 1 aliphatic rings. The highest BCUT2D eigenvalue weighted by molar-refractivity contribution is 5.70. The van der Waals surface area contributed by atoms with Gasteiger partial charge in [0.05, 0.1) is 11.6 Å². The second-order valence-electron chi connectivity index (χ2n) is 6.82. The number of aryl methyl sites for hydroxylation is 2. The Balaban J connectivity index is 2.17. The SMILES string of the molecule is CCn1nc(C)cc1CC1CC(C(C)C)CCC1C(=O)O. The van der Waals surface area contributed by atoms with Crippen molar-refractivity contribution in [3.63, 3.8) is 0 Å². The summed E-state index contributed by atoms with van der Waals surface area (Å²) in [5, 5.41) is 14.0. The summed E-state index contributed by atoms with van der Waals surface area (Å²) in [6.45, 7) is 9.44. The molecule has 1 aromatic heterocycles. The molecule has 1 aliphatic carbocycles. The van der Waals surface area contributed by atoms with Crippen LogP contribution in [0.5, 0.6) is 0 Å². The molecule has 0 aromatic carbocycles. The summed E-state index contributed by atoms with van der Waals surface area (Å²) in [6, 6.07) is 2.11. The highest BCUT2D eigenvalue weighted by Crippen LogP contribution is 2.39. The average molecular weight is 292 g/mol. The van der Waals surface area contributed by atoms with Crippen LogP contribution in [-0.2, 0) is 17.8 Å². The van der Waals surface area contributed by atoms with Gasteiger partial charge in [0.1, 0.15) is 0 Å². The molecule has 4 nitrogen and oxygen atoms in total. The van der Waals surface area contributed by atoms with Gasteiger partial charge in [0, 0.05) is 12.2 Å². The first-order valence-corrected chi connectivity index (χ1v) is 8.18. The van der Waals surface area contributed by atoms with Crippen molar-refractivity contribution in [2.75, 3.05) is 0 Å².